The Morgan fingerprint density at radius 3 is 3.07 bits per heavy atom. The molecule has 0 aromatic carbocycles. The summed E-state index contributed by atoms with van der Waals surface area (Å²) >= 11 is 0. The summed E-state index contributed by atoms with van der Waals surface area (Å²) < 4.78 is 5.44. The number of furan rings is 1. The molecule has 0 saturated carbocycles. The molecule has 2 heterocycles. The van der Waals surface area contributed by atoms with Gasteiger partial charge >= 0.3 is 0 Å². The normalized spacial score (nSPS) is 28.1. The molecule has 84 valence electrons. The fourth-order valence-corrected chi connectivity index (χ4v) is 2.55. The second-order valence-corrected chi connectivity index (χ2v) is 4.63. The number of rotatable bonds is 3. The van der Waals surface area contributed by atoms with E-state index in [9.17, 15) is 0 Å². The van der Waals surface area contributed by atoms with Crippen LogP contribution in [0.15, 0.2) is 22.8 Å². The maximum Gasteiger partial charge on any atom is 0.105 e. The molecule has 0 spiro atoms. The minimum atomic E-state index is 0.199. The molecule has 0 bridgehead atoms. The van der Waals surface area contributed by atoms with Gasteiger partial charge in [-0.1, -0.05) is 0 Å². The Kier molecular flexibility index (Phi) is 3.12. The lowest BCUT2D eigenvalue weighted by Gasteiger charge is -2.41. The molecule has 3 heteroatoms. The molecule has 1 unspecified atom stereocenters. The van der Waals surface area contributed by atoms with E-state index in [0.29, 0.717) is 0 Å². The van der Waals surface area contributed by atoms with Crippen LogP contribution in [0.5, 0.6) is 0 Å². The van der Waals surface area contributed by atoms with E-state index in [1.807, 2.05) is 6.07 Å². The first-order valence-electron chi connectivity index (χ1n) is 5.64. The zero-order valence-electron chi connectivity index (χ0n) is 9.62. The van der Waals surface area contributed by atoms with Crippen LogP contribution in [0.1, 0.15) is 18.6 Å². The van der Waals surface area contributed by atoms with Crippen LogP contribution in [0, 0.1) is 0 Å². The van der Waals surface area contributed by atoms with Crippen molar-refractivity contribution in [1.29, 1.82) is 0 Å². The first-order chi connectivity index (χ1) is 7.24. The highest BCUT2D eigenvalue weighted by atomic mass is 16.3. The van der Waals surface area contributed by atoms with E-state index in [1.165, 1.54) is 19.4 Å². The summed E-state index contributed by atoms with van der Waals surface area (Å²) in [5.41, 5.74) is 0.199. The Bertz CT molecular complexity index is 297. The van der Waals surface area contributed by atoms with Crippen LogP contribution in [0.4, 0.5) is 0 Å². The number of piperidine rings is 1. The maximum absolute atomic E-state index is 5.44. The molecule has 1 N–H and O–H groups in total. The number of likely N-dealkylation sites (N-methyl/N-ethyl adjacent to an activating group) is 2. The average molecular weight is 208 g/mol. The van der Waals surface area contributed by atoms with Gasteiger partial charge in [0, 0.05) is 18.5 Å². The Hall–Kier alpha value is -0.800. The predicted octanol–water partition coefficient (Wildman–Crippen LogP) is 1.51. The molecule has 15 heavy (non-hydrogen) atoms. The molecule has 0 amide bonds. The van der Waals surface area contributed by atoms with Gasteiger partial charge in [-0.3, -0.25) is 0 Å². The number of nitrogens with zero attached hydrogens (tertiary/aromatic N) is 1. The maximum atomic E-state index is 5.44. The smallest absolute Gasteiger partial charge is 0.105 e. The van der Waals surface area contributed by atoms with Crippen LogP contribution in [0.2, 0.25) is 0 Å². The van der Waals surface area contributed by atoms with E-state index in [1.54, 1.807) is 6.26 Å². The molecule has 1 fully saturated rings. The number of hydrogen-bond donors (Lipinski definition) is 1. The van der Waals surface area contributed by atoms with E-state index in [0.717, 1.165) is 18.7 Å². The molecule has 1 aromatic rings. The van der Waals surface area contributed by atoms with Crippen LogP contribution in [-0.2, 0) is 6.42 Å². The van der Waals surface area contributed by atoms with Crippen LogP contribution in [0.25, 0.3) is 0 Å². The Morgan fingerprint density at radius 1 is 1.60 bits per heavy atom. The Balaban J connectivity index is 2.07. The molecular formula is C12H20N2O. The van der Waals surface area contributed by atoms with Gasteiger partial charge in [-0.25, -0.2) is 0 Å². The van der Waals surface area contributed by atoms with Crippen LogP contribution in [0.3, 0.4) is 0 Å². The molecule has 0 radical (unpaired) electrons. The van der Waals surface area contributed by atoms with E-state index in [2.05, 4.69) is 30.4 Å². The number of nitrogens with one attached hydrogen (secondary N) is 1. The topological polar surface area (TPSA) is 28.4 Å². The van der Waals surface area contributed by atoms with Gasteiger partial charge in [-0.15, -0.1) is 0 Å². The van der Waals surface area contributed by atoms with Crippen molar-refractivity contribution in [2.45, 2.75) is 24.8 Å². The summed E-state index contributed by atoms with van der Waals surface area (Å²) in [6.07, 6.45) is 5.23. The quantitative estimate of drug-likeness (QED) is 0.816. The minimum Gasteiger partial charge on any atom is -0.469 e. The highest BCUT2D eigenvalue weighted by Crippen LogP contribution is 2.24. The molecule has 1 saturated heterocycles. The monoisotopic (exact) mass is 208 g/mol. The first-order valence-corrected chi connectivity index (χ1v) is 5.64. The molecule has 0 aliphatic carbocycles. The standard InChI is InChI=1S/C12H20N2O/c1-13-12(6-4-7-14(2)10-12)9-11-5-3-8-15-11/h3,5,8,13H,4,6-7,9-10H2,1-2H3. The summed E-state index contributed by atoms with van der Waals surface area (Å²) in [5, 5.41) is 3.48. The van der Waals surface area contributed by atoms with Crippen molar-refractivity contribution in [3.8, 4) is 0 Å². The first kappa shape index (κ1) is 10.7. The van der Waals surface area contributed by atoms with E-state index in [-0.39, 0.29) is 5.54 Å². The van der Waals surface area contributed by atoms with Crippen LogP contribution >= 0.6 is 0 Å². The molecule has 3 nitrogen and oxygen atoms in total. The highest BCUT2D eigenvalue weighted by Gasteiger charge is 2.33. The van der Waals surface area contributed by atoms with E-state index >= 15 is 0 Å². The molecular weight excluding hydrogens is 188 g/mol. The van der Waals surface area contributed by atoms with Gasteiger partial charge < -0.3 is 14.6 Å². The van der Waals surface area contributed by atoms with Crippen molar-refractivity contribution < 1.29 is 4.42 Å². The van der Waals surface area contributed by atoms with E-state index in [4.69, 9.17) is 4.42 Å². The van der Waals surface area contributed by atoms with Crippen molar-refractivity contribution in [1.82, 2.24) is 10.2 Å². The lowest BCUT2D eigenvalue weighted by molar-refractivity contribution is 0.146. The van der Waals surface area contributed by atoms with Gasteiger partial charge in [0.25, 0.3) is 0 Å². The fraction of sp³-hybridized carbons (Fsp3) is 0.667. The molecule has 1 aliphatic heterocycles. The third kappa shape index (κ3) is 2.41. The van der Waals surface area contributed by atoms with Crippen molar-refractivity contribution in [3.63, 3.8) is 0 Å². The van der Waals surface area contributed by atoms with Gasteiger partial charge in [0.05, 0.1) is 6.26 Å². The van der Waals surface area contributed by atoms with Gasteiger partial charge in [0.1, 0.15) is 5.76 Å². The summed E-state index contributed by atoms with van der Waals surface area (Å²) in [5.74, 6) is 1.08. The second kappa shape index (κ2) is 4.37. The second-order valence-electron chi connectivity index (χ2n) is 4.63. The fourth-order valence-electron chi connectivity index (χ4n) is 2.55. The van der Waals surface area contributed by atoms with Crippen molar-refractivity contribution in [2.24, 2.45) is 0 Å². The zero-order chi connectivity index (χ0) is 10.7. The van der Waals surface area contributed by atoms with Crippen molar-refractivity contribution in [2.75, 3.05) is 27.2 Å². The number of hydrogen-bond acceptors (Lipinski definition) is 3. The Morgan fingerprint density at radius 2 is 2.47 bits per heavy atom. The van der Waals surface area contributed by atoms with Gasteiger partial charge in [-0.2, -0.15) is 0 Å². The van der Waals surface area contributed by atoms with E-state index < -0.39 is 0 Å². The summed E-state index contributed by atoms with van der Waals surface area (Å²) in [4.78, 5) is 2.39. The minimum absolute atomic E-state index is 0.199. The Labute approximate surface area is 91.4 Å². The average Bonchev–Trinajstić information content (AvgIpc) is 2.70. The number of likely N-dealkylation sites (tertiary alicyclic amines) is 1. The third-order valence-corrected chi connectivity index (χ3v) is 3.39. The summed E-state index contributed by atoms with van der Waals surface area (Å²) in [7, 11) is 4.25. The highest BCUT2D eigenvalue weighted by molar-refractivity contribution is 5.07. The largest absolute Gasteiger partial charge is 0.469 e. The van der Waals surface area contributed by atoms with Crippen LogP contribution < -0.4 is 5.32 Å². The SMILES string of the molecule is CNC1(Cc2ccco2)CCCN(C)C1. The summed E-state index contributed by atoms with van der Waals surface area (Å²) in [6, 6.07) is 4.03. The van der Waals surface area contributed by atoms with Gasteiger partial charge in [0.2, 0.25) is 0 Å². The molecule has 1 aromatic heterocycles. The summed E-state index contributed by atoms with van der Waals surface area (Å²) in [6.45, 7) is 2.31. The zero-order valence-corrected chi connectivity index (χ0v) is 9.62. The van der Waals surface area contributed by atoms with Gasteiger partial charge in [-0.05, 0) is 45.6 Å². The van der Waals surface area contributed by atoms with Crippen molar-refractivity contribution in [3.05, 3.63) is 24.2 Å². The van der Waals surface area contributed by atoms with Crippen LogP contribution in [-0.4, -0.2) is 37.6 Å². The lowest BCUT2D eigenvalue weighted by Crippen LogP contribution is -2.56. The van der Waals surface area contributed by atoms with Crippen molar-refractivity contribution >= 4 is 0 Å². The molecule has 1 atom stereocenters. The predicted molar refractivity (Wildman–Crippen MR) is 60.9 cm³/mol. The molecule has 1 aliphatic rings. The third-order valence-electron chi connectivity index (χ3n) is 3.39. The van der Waals surface area contributed by atoms with Gasteiger partial charge in [0.15, 0.2) is 0 Å². The lowest BCUT2D eigenvalue weighted by atomic mass is 9.85. The molecule has 2 rings (SSSR count).